The number of nitrogens with zero attached hydrogens (tertiary/aromatic N) is 4. The van der Waals surface area contributed by atoms with Crippen molar-refractivity contribution in [1.82, 2.24) is 19.3 Å². The van der Waals surface area contributed by atoms with Crippen LogP contribution >= 0.6 is 0 Å². The molecule has 0 fully saturated rings. The monoisotopic (exact) mass is 507 g/mol. The van der Waals surface area contributed by atoms with E-state index in [4.69, 9.17) is 0 Å². The van der Waals surface area contributed by atoms with Gasteiger partial charge in [-0.05, 0) is 47.5 Å². The summed E-state index contributed by atoms with van der Waals surface area (Å²) in [6.07, 6.45) is 6.18. The molecule has 0 bridgehead atoms. The first-order chi connectivity index (χ1) is 17.3. The minimum absolute atomic E-state index is 0.0451. The molecular weight excluding hydrogens is 485 g/mol. The molecule has 0 unspecified atom stereocenters. The minimum atomic E-state index is -4.05. The maximum atomic E-state index is 13.3. The molecule has 5 aromatic rings. The van der Waals surface area contributed by atoms with E-state index in [-0.39, 0.29) is 47.1 Å². The SMILES string of the molecule is CN(c1c2cccnc2c(O)c2c(O)n(Cc3ccc(F)cc3)cc12)S(=O)(=O)NCc1ccncc1. The number of nitrogens with one attached hydrogen (secondary N) is 1. The highest BCUT2D eigenvalue weighted by Gasteiger charge is 2.27. The summed E-state index contributed by atoms with van der Waals surface area (Å²) in [5, 5.41) is 22.8. The van der Waals surface area contributed by atoms with Crippen molar-refractivity contribution in [3.63, 3.8) is 0 Å². The summed E-state index contributed by atoms with van der Waals surface area (Å²) in [4.78, 5) is 8.16. The number of halogens is 1. The molecule has 5 rings (SSSR count). The zero-order valence-electron chi connectivity index (χ0n) is 19.1. The number of phenols is 1. The van der Waals surface area contributed by atoms with Gasteiger partial charge in [0.05, 0.1) is 17.6 Å². The zero-order valence-corrected chi connectivity index (χ0v) is 19.9. The van der Waals surface area contributed by atoms with Gasteiger partial charge in [0, 0.05) is 49.2 Å². The van der Waals surface area contributed by atoms with E-state index in [0.29, 0.717) is 16.3 Å². The van der Waals surface area contributed by atoms with Crippen molar-refractivity contribution < 1.29 is 23.0 Å². The van der Waals surface area contributed by atoms with Crippen molar-refractivity contribution in [3.05, 3.63) is 90.3 Å². The van der Waals surface area contributed by atoms with E-state index in [1.165, 1.54) is 29.9 Å². The van der Waals surface area contributed by atoms with Crippen LogP contribution in [-0.2, 0) is 23.3 Å². The number of rotatable bonds is 7. The molecule has 11 heteroatoms. The van der Waals surface area contributed by atoms with E-state index in [1.54, 1.807) is 55.0 Å². The minimum Gasteiger partial charge on any atom is -0.505 e. The fourth-order valence-electron chi connectivity index (χ4n) is 4.15. The number of pyridine rings is 2. The number of benzene rings is 2. The zero-order chi connectivity index (χ0) is 25.4. The normalized spacial score (nSPS) is 11.8. The van der Waals surface area contributed by atoms with Crippen molar-refractivity contribution in [3.8, 4) is 11.6 Å². The summed E-state index contributed by atoms with van der Waals surface area (Å²) in [6.45, 7) is 0.212. The molecule has 3 heterocycles. The third-order valence-corrected chi connectivity index (χ3v) is 7.39. The van der Waals surface area contributed by atoms with Crippen LogP contribution in [0.5, 0.6) is 11.6 Å². The van der Waals surface area contributed by atoms with Crippen LogP contribution in [-0.4, -0.2) is 40.2 Å². The maximum Gasteiger partial charge on any atom is 0.301 e. The average molecular weight is 508 g/mol. The summed E-state index contributed by atoms with van der Waals surface area (Å²) in [5.74, 6) is -0.921. The van der Waals surface area contributed by atoms with Gasteiger partial charge in [-0.15, -0.1) is 0 Å². The van der Waals surface area contributed by atoms with Gasteiger partial charge in [0.2, 0.25) is 5.88 Å². The summed E-state index contributed by atoms with van der Waals surface area (Å²) in [7, 11) is -2.66. The van der Waals surface area contributed by atoms with Crippen molar-refractivity contribution in [2.45, 2.75) is 13.1 Å². The molecule has 9 nitrogen and oxygen atoms in total. The highest BCUT2D eigenvalue weighted by molar-refractivity contribution is 7.90. The fraction of sp³-hybridized carbons (Fsp3) is 0.120. The van der Waals surface area contributed by atoms with E-state index in [0.717, 1.165) is 9.87 Å². The highest BCUT2D eigenvalue weighted by atomic mass is 32.2. The predicted octanol–water partition coefficient (Wildman–Crippen LogP) is 3.65. The molecule has 3 aromatic heterocycles. The van der Waals surface area contributed by atoms with Crippen molar-refractivity contribution in [2.24, 2.45) is 0 Å². The first-order valence-corrected chi connectivity index (χ1v) is 12.4. The Kier molecular flexibility index (Phi) is 5.94. The van der Waals surface area contributed by atoms with Crippen molar-refractivity contribution in [1.29, 1.82) is 0 Å². The summed E-state index contributed by atoms with van der Waals surface area (Å²) in [5.41, 5.74) is 1.82. The van der Waals surface area contributed by atoms with Crippen LogP contribution in [0.1, 0.15) is 11.1 Å². The lowest BCUT2D eigenvalue weighted by Gasteiger charge is -2.22. The van der Waals surface area contributed by atoms with Gasteiger partial charge in [-0.1, -0.05) is 12.1 Å². The fourth-order valence-corrected chi connectivity index (χ4v) is 5.13. The molecule has 3 N–H and O–H groups in total. The van der Waals surface area contributed by atoms with E-state index < -0.39 is 10.2 Å². The van der Waals surface area contributed by atoms with Gasteiger partial charge in [-0.2, -0.15) is 13.1 Å². The molecule has 0 spiro atoms. The largest absolute Gasteiger partial charge is 0.505 e. The molecule has 0 saturated carbocycles. The van der Waals surface area contributed by atoms with Gasteiger partial charge in [0.1, 0.15) is 11.3 Å². The van der Waals surface area contributed by atoms with E-state index in [2.05, 4.69) is 14.7 Å². The second-order valence-corrected chi connectivity index (χ2v) is 10.0. The van der Waals surface area contributed by atoms with Gasteiger partial charge in [0.25, 0.3) is 0 Å². The number of fused-ring (bicyclic) bond motifs is 2. The van der Waals surface area contributed by atoms with Crippen molar-refractivity contribution in [2.75, 3.05) is 11.4 Å². The van der Waals surface area contributed by atoms with Gasteiger partial charge >= 0.3 is 10.2 Å². The topological polar surface area (TPSA) is 121 Å². The Labute approximate surface area is 206 Å². The lowest BCUT2D eigenvalue weighted by atomic mass is 10.1. The van der Waals surface area contributed by atoms with Gasteiger partial charge in [0.15, 0.2) is 5.75 Å². The number of phenolic OH excluding ortho intramolecular Hbond substituents is 1. The molecule has 0 aliphatic carbocycles. The molecule has 0 aliphatic heterocycles. The van der Waals surface area contributed by atoms with E-state index in [9.17, 15) is 23.0 Å². The standard InChI is InChI=1S/C25H22FN5O4S/c1-30(36(34,35)29-13-16-8-11-27-12-9-16)23-19-3-2-10-28-22(19)24(32)21-20(23)15-31(25(21)33)14-17-4-6-18(26)7-5-17/h2-12,15,29,32-33H,13-14H2,1H3. The Morgan fingerprint density at radius 3 is 2.44 bits per heavy atom. The third-order valence-electron chi connectivity index (χ3n) is 5.98. The molecule has 36 heavy (non-hydrogen) atoms. The van der Waals surface area contributed by atoms with Crippen LogP contribution < -0.4 is 9.03 Å². The van der Waals surface area contributed by atoms with Crippen LogP contribution in [0.15, 0.2) is 73.3 Å². The Morgan fingerprint density at radius 2 is 1.72 bits per heavy atom. The third kappa shape index (κ3) is 4.18. The number of hydrogen-bond donors (Lipinski definition) is 3. The molecule has 2 aromatic carbocycles. The first kappa shape index (κ1) is 23.5. The van der Waals surface area contributed by atoms with E-state index in [1.807, 2.05) is 0 Å². The second-order valence-electron chi connectivity index (χ2n) is 8.24. The summed E-state index contributed by atoms with van der Waals surface area (Å²) < 4.78 is 45.0. The number of hydrogen-bond acceptors (Lipinski definition) is 6. The Hall–Kier alpha value is -4.22. The van der Waals surface area contributed by atoms with Gasteiger partial charge in [-0.25, -0.2) is 4.39 Å². The molecule has 0 saturated heterocycles. The van der Waals surface area contributed by atoms with Gasteiger partial charge in [-0.3, -0.25) is 14.3 Å². The Bertz CT molecular complexity index is 1670. The summed E-state index contributed by atoms with van der Waals surface area (Å²) >= 11 is 0. The van der Waals surface area contributed by atoms with Crippen LogP contribution in [0.4, 0.5) is 10.1 Å². The smallest absolute Gasteiger partial charge is 0.301 e. The predicted molar refractivity (Wildman–Crippen MR) is 134 cm³/mol. The lowest BCUT2D eigenvalue weighted by molar-refractivity contribution is 0.425. The molecular formula is C25H22FN5O4S. The van der Waals surface area contributed by atoms with Crippen LogP contribution in [0.25, 0.3) is 21.7 Å². The molecule has 0 amide bonds. The second kappa shape index (κ2) is 9.10. The van der Waals surface area contributed by atoms with Gasteiger partial charge < -0.3 is 14.8 Å². The number of anilines is 1. The van der Waals surface area contributed by atoms with E-state index >= 15 is 0 Å². The molecule has 0 radical (unpaired) electrons. The maximum absolute atomic E-state index is 13.3. The molecule has 184 valence electrons. The summed E-state index contributed by atoms with van der Waals surface area (Å²) in [6, 6.07) is 12.5. The average Bonchev–Trinajstić information content (AvgIpc) is 3.20. The first-order valence-electron chi connectivity index (χ1n) is 10.9. The van der Waals surface area contributed by atoms with Crippen molar-refractivity contribution >= 4 is 37.6 Å². The molecule has 0 aliphatic rings. The van der Waals surface area contributed by atoms with Crippen LogP contribution in [0, 0.1) is 5.82 Å². The van der Waals surface area contributed by atoms with Crippen LogP contribution in [0.2, 0.25) is 0 Å². The highest BCUT2D eigenvalue weighted by Crippen LogP contribution is 2.46. The number of aromatic hydroxyl groups is 2. The Balaban J connectivity index is 1.64. The quantitative estimate of drug-likeness (QED) is 0.309. The number of aromatic nitrogens is 3. The Morgan fingerprint density at radius 1 is 1.00 bits per heavy atom. The van der Waals surface area contributed by atoms with Crippen LogP contribution in [0.3, 0.4) is 0 Å². The lowest BCUT2D eigenvalue weighted by Crippen LogP contribution is -2.38. The molecule has 0 atom stereocenters.